The van der Waals surface area contributed by atoms with Crippen LogP contribution in [-0.2, 0) is 29.0 Å². The molecule has 4 nitrogen and oxygen atoms in total. The molecular formula is C30H31Cl2FN2O2. The molecule has 0 heterocycles. The molecule has 3 aromatic rings. The van der Waals surface area contributed by atoms with E-state index in [0.29, 0.717) is 27.6 Å². The van der Waals surface area contributed by atoms with E-state index in [9.17, 15) is 14.0 Å². The fourth-order valence-electron chi connectivity index (χ4n) is 4.83. The van der Waals surface area contributed by atoms with Gasteiger partial charge < -0.3 is 10.2 Å². The van der Waals surface area contributed by atoms with Crippen molar-refractivity contribution in [2.24, 2.45) is 0 Å². The largest absolute Gasteiger partial charge is 0.352 e. The molecule has 2 amide bonds. The number of halogens is 3. The zero-order valence-electron chi connectivity index (χ0n) is 20.6. The minimum Gasteiger partial charge on any atom is -0.352 e. The Morgan fingerprint density at radius 1 is 0.892 bits per heavy atom. The summed E-state index contributed by atoms with van der Waals surface area (Å²) in [5.41, 5.74) is 1.95. The van der Waals surface area contributed by atoms with Crippen molar-refractivity contribution < 1.29 is 14.0 Å². The maximum Gasteiger partial charge on any atom is 0.243 e. The van der Waals surface area contributed by atoms with Crippen LogP contribution in [0.3, 0.4) is 0 Å². The Hall–Kier alpha value is -2.89. The Morgan fingerprint density at radius 3 is 2.30 bits per heavy atom. The van der Waals surface area contributed by atoms with Crippen LogP contribution in [0.2, 0.25) is 10.0 Å². The predicted molar refractivity (Wildman–Crippen MR) is 146 cm³/mol. The van der Waals surface area contributed by atoms with Gasteiger partial charge in [-0.15, -0.1) is 0 Å². The summed E-state index contributed by atoms with van der Waals surface area (Å²) in [6.07, 6.45) is 5.49. The van der Waals surface area contributed by atoms with Crippen molar-refractivity contribution in [2.45, 2.75) is 63.6 Å². The Balaban J connectivity index is 1.67. The molecule has 0 bridgehead atoms. The molecule has 0 spiro atoms. The van der Waals surface area contributed by atoms with Crippen molar-refractivity contribution in [1.82, 2.24) is 10.2 Å². The van der Waals surface area contributed by atoms with Gasteiger partial charge in [-0.3, -0.25) is 9.59 Å². The second-order valence-corrected chi connectivity index (χ2v) is 10.4. The number of nitrogens with zero attached hydrogens (tertiary/aromatic N) is 1. The topological polar surface area (TPSA) is 49.4 Å². The van der Waals surface area contributed by atoms with Crippen molar-refractivity contribution in [3.8, 4) is 0 Å². The van der Waals surface area contributed by atoms with Crippen LogP contribution in [-0.4, -0.2) is 28.8 Å². The molecule has 1 atom stereocenters. The Kier molecular flexibility index (Phi) is 9.59. The number of hydrogen-bond acceptors (Lipinski definition) is 2. The average molecular weight is 541 g/mol. The number of hydrogen-bond donors (Lipinski definition) is 1. The first-order valence-corrected chi connectivity index (χ1v) is 13.5. The molecule has 0 aliphatic heterocycles. The van der Waals surface area contributed by atoms with Gasteiger partial charge in [0.25, 0.3) is 0 Å². The third-order valence-electron chi connectivity index (χ3n) is 6.86. The van der Waals surface area contributed by atoms with Gasteiger partial charge in [-0.2, -0.15) is 0 Å². The normalized spacial score (nSPS) is 14.7. The summed E-state index contributed by atoms with van der Waals surface area (Å²) in [7, 11) is 0. The van der Waals surface area contributed by atoms with Crippen LogP contribution >= 0.6 is 23.2 Å². The first-order valence-electron chi connectivity index (χ1n) is 12.7. The van der Waals surface area contributed by atoms with E-state index in [0.717, 1.165) is 31.2 Å². The van der Waals surface area contributed by atoms with Gasteiger partial charge in [-0.1, -0.05) is 97.1 Å². The van der Waals surface area contributed by atoms with Crippen molar-refractivity contribution in [3.05, 3.63) is 105 Å². The molecule has 0 saturated heterocycles. The Morgan fingerprint density at radius 2 is 1.59 bits per heavy atom. The second-order valence-electron chi connectivity index (χ2n) is 9.59. The third kappa shape index (κ3) is 7.56. The fraction of sp³-hybridized carbons (Fsp3) is 0.333. The van der Waals surface area contributed by atoms with Crippen LogP contribution < -0.4 is 5.32 Å². The van der Waals surface area contributed by atoms with E-state index in [2.05, 4.69) is 5.32 Å². The number of amides is 2. The summed E-state index contributed by atoms with van der Waals surface area (Å²) in [5, 5.41) is 3.94. The highest BCUT2D eigenvalue weighted by Crippen LogP contribution is 2.25. The number of rotatable bonds is 9. The lowest BCUT2D eigenvalue weighted by atomic mass is 9.94. The molecule has 4 rings (SSSR count). The summed E-state index contributed by atoms with van der Waals surface area (Å²) in [5.74, 6) is -0.920. The maximum absolute atomic E-state index is 14.7. The number of benzene rings is 3. The zero-order chi connectivity index (χ0) is 26.2. The lowest BCUT2D eigenvalue weighted by Gasteiger charge is -2.33. The van der Waals surface area contributed by atoms with E-state index in [1.165, 1.54) is 17.4 Å². The van der Waals surface area contributed by atoms with Gasteiger partial charge in [0.1, 0.15) is 11.9 Å². The van der Waals surface area contributed by atoms with Gasteiger partial charge in [-0.05, 0) is 42.2 Å². The van der Waals surface area contributed by atoms with E-state index in [-0.39, 0.29) is 30.8 Å². The van der Waals surface area contributed by atoms with Gasteiger partial charge in [0.05, 0.1) is 16.5 Å². The quantitative estimate of drug-likeness (QED) is 0.325. The molecular weight excluding hydrogens is 510 g/mol. The lowest BCUT2D eigenvalue weighted by Crippen LogP contribution is -2.53. The zero-order valence-corrected chi connectivity index (χ0v) is 22.1. The van der Waals surface area contributed by atoms with Gasteiger partial charge in [-0.25, -0.2) is 4.39 Å². The third-order valence-corrected chi connectivity index (χ3v) is 7.60. The van der Waals surface area contributed by atoms with Crippen molar-refractivity contribution >= 4 is 35.0 Å². The van der Waals surface area contributed by atoms with Crippen LogP contribution in [0, 0.1) is 5.82 Å². The van der Waals surface area contributed by atoms with Crippen molar-refractivity contribution in [3.63, 3.8) is 0 Å². The van der Waals surface area contributed by atoms with Crippen LogP contribution in [0.25, 0.3) is 0 Å². The average Bonchev–Trinajstić information content (AvgIpc) is 2.90. The van der Waals surface area contributed by atoms with Crippen LogP contribution in [0.4, 0.5) is 4.39 Å². The van der Waals surface area contributed by atoms with E-state index < -0.39 is 11.9 Å². The minimum absolute atomic E-state index is 0.00728. The molecule has 0 unspecified atom stereocenters. The monoisotopic (exact) mass is 540 g/mol. The smallest absolute Gasteiger partial charge is 0.243 e. The molecule has 1 aliphatic carbocycles. The fourth-order valence-corrected chi connectivity index (χ4v) is 5.15. The molecule has 0 radical (unpaired) electrons. The highest BCUT2D eigenvalue weighted by atomic mass is 35.5. The SMILES string of the molecule is O=C(NC1CCCCC1)[C@@H](Cc1ccccc1)N(Cc1ccccc1F)C(=O)Cc1ccc(Cl)c(Cl)c1. The standard InChI is InChI=1S/C30H31Cl2FN2O2/c31-25-16-15-22(17-26(25)32)19-29(36)35(20-23-11-7-8-14-27(23)33)28(18-21-9-3-1-4-10-21)30(37)34-24-12-5-2-6-13-24/h1,3-4,7-11,14-17,24,28H,2,5-6,12-13,18-20H2,(H,34,37)/t28-/m1/s1. The highest BCUT2D eigenvalue weighted by molar-refractivity contribution is 6.42. The van der Waals surface area contributed by atoms with Gasteiger partial charge in [0, 0.05) is 24.6 Å². The van der Waals surface area contributed by atoms with Crippen molar-refractivity contribution in [2.75, 3.05) is 0 Å². The lowest BCUT2D eigenvalue weighted by molar-refractivity contribution is -0.141. The molecule has 1 fully saturated rings. The maximum atomic E-state index is 14.7. The summed E-state index contributed by atoms with van der Waals surface area (Å²) >= 11 is 12.2. The summed E-state index contributed by atoms with van der Waals surface area (Å²) in [6, 6.07) is 20.3. The van der Waals surface area contributed by atoms with Crippen LogP contribution in [0.1, 0.15) is 48.8 Å². The summed E-state index contributed by atoms with van der Waals surface area (Å²) < 4.78 is 14.7. The van der Waals surface area contributed by atoms with Gasteiger partial charge in [0.15, 0.2) is 0 Å². The van der Waals surface area contributed by atoms with E-state index in [4.69, 9.17) is 23.2 Å². The first kappa shape index (κ1) is 27.2. The molecule has 1 N–H and O–H groups in total. The Labute approximate surface area is 227 Å². The summed E-state index contributed by atoms with van der Waals surface area (Å²) in [6.45, 7) is -0.0254. The predicted octanol–water partition coefficient (Wildman–Crippen LogP) is 6.76. The van der Waals surface area contributed by atoms with Crippen molar-refractivity contribution in [1.29, 1.82) is 0 Å². The summed E-state index contributed by atoms with van der Waals surface area (Å²) in [4.78, 5) is 29.1. The molecule has 1 saturated carbocycles. The molecule has 0 aromatic heterocycles. The van der Waals surface area contributed by atoms with Gasteiger partial charge in [0.2, 0.25) is 11.8 Å². The first-order chi connectivity index (χ1) is 17.9. The molecule has 37 heavy (non-hydrogen) atoms. The van der Waals surface area contributed by atoms with E-state index in [1.54, 1.807) is 36.4 Å². The van der Waals surface area contributed by atoms with Crippen LogP contribution in [0.15, 0.2) is 72.8 Å². The molecule has 1 aliphatic rings. The van der Waals surface area contributed by atoms with E-state index >= 15 is 0 Å². The number of carbonyl (C=O) groups is 2. The van der Waals surface area contributed by atoms with Gasteiger partial charge >= 0.3 is 0 Å². The number of nitrogens with one attached hydrogen (secondary N) is 1. The second kappa shape index (κ2) is 13.1. The van der Waals surface area contributed by atoms with Crippen LogP contribution in [0.5, 0.6) is 0 Å². The molecule has 7 heteroatoms. The molecule has 194 valence electrons. The molecule has 3 aromatic carbocycles. The Bertz CT molecular complexity index is 1220. The van der Waals surface area contributed by atoms with E-state index in [1.807, 2.05) is 30.3 Å². The number of carbonyl (C=O) groups excluding carboxylic acids is 2. The highest BCUT2D eigenvalue weighted by Gasteiger charge is 2.32. The minimum atomic E-state index is -0.806.